The lowest BCUT2D eigenvalue weighted by Crippen LogP contribution is -2.48. The number of likely N-dealkylation sites (tertiary alicyclic amines) is 1. The van der Waals surface area contributed by atoms with Crippen molar-refractivity contribution in [3.8, 4) is 10.8 Å². The second-order valence-corrected chi connectivity index (χ2v) is 7.44. The highest BCUT2D eigenvalue weighted by Gasteiger charge is 2.29. The first-order valence-corrected chi connectivity index (χ1v) is 9.33. The predicted molar refractivity (Wildman–Crippen MR) is 88.0 cm³/mol. The highest BCUT2D eigenvalue weighted by Crippen LogP contribution is 2.28. The van der Waals surface area contributed by atoms with Gasteiger partial charge in [-0.3, -0.25) is 4.79 Å². The zero-order valence-corrected chi connectivity index (χ0v) is 14.3. The molecular formula is C15H19N3O2S2. The molecule has 2 aromatic rings. The number of piperidine rings is 1. The van der Waals surface area contributed by atoms with Gasteiger partial charge in [-0.05, 0) is 44.6 Å². The molecule has 0 radical (unpaired) electrons. The highest BCUT2D eigenvalue weighted by atomic mass is 32.2. The smallest absolute Gasteiger partial charge is 0.277 e. The van der Waals surface area contributed by atoms with Gasteiger partial charge in [0.15, 0.2) is 0 Å². The van der Waals surface area contributed by atoms with Crippen LogP contribution in [0.5, 0.6) is 0 Å². The van der Waals surface area contributed by atoms with Crippen molar-refractivity contribution in [1.29, 1.82) is 0 Å². The monoisotopic (exact) mass is 337 g/mol. The van der Waals surface area contributed by atoms with Gasteiger partial charge in [0, 0.05) is 12.1 Å². The zero-order chi connectivity index (χ0) is 15.5. The third kappa shape index (κ3) is 3.35. The van der Waals surface area contributed by atoms with Crippen LogP contribution in [0.4, 0.5) is 0 Å². The van der Waals surface area contributed by atoms with Crippen molar-refractivity contribution in [2.45, 2.75) is 50.4 Å². The van der Waals surface area contributed by atoms with Crippen molar-refractivity contribution in [2.24, 2.45) is 0 Å². The molecule has 7 heteroatoms. The normalized spacial score (nSPS) is 22.0. The molecule has 5 nitrogen and oxygen atoms in total. The predicted octanol–water partition coefficient (Wildman–Crippen LogP) is 3.68. The molecule has 1 aliphatic heterocycles. The van der Waals surface area contributed by atoms with Crippen LogP contribution in [-0.2, 0) is 4.79 Å². The first-order chi connectivity index (χ1) is 10.6. The van der Waals surface area contributed by atoms with E-state index in [9.17, 15) is 4.79 Å². The molecule has 3 rings (SSSR count). The van der Waals surface area contributed by atoms with Gasteiger partial charge in [0.05, 0.1) is 10.6 Å². The summed E-state index contributed by atoms with van der Waals surface area (Å²) in [6, 6.07) is 4.52. The van der Waals surface area contributed by atoms with Crippen LogP contribution in [0.15, 0.2) is 27.2 Å². The largest absolute Gasteiger partial charge is 0.410 e. The molecule has 1 saturated heterocycles. The maximum absolute atomic E-state index is 12.4. The van der Waals surface area contributed by atoms with Gasteiger partial charge in [0.1, 0.15) is 0 Å². The minimum Gasteiger partial charge on any atom is -0.410 e. The Labute approximate surface area is 138 Å². The average Bonchev–Trinajstić information content (AvgIpc) is 3.16. The molecule has 0 aromatic carbocycles. The number of rotatable bonds is 4. The van der Waals surface area contributed by atoms with Crippen molar-refractivity contribution >= 4 is 29.0 Å². The Hall–Kier alpha value is -1.34. The average molecular weight is 337 g/mol. The number of thiophene rings is 1. The van der Waals surface area contributed by atoms with Gasteiger partial charge in [-0.25, -0.2) is 0 Å². The molecule has 1 amide bonds. The van der Waals surface area contributed by atoms with Crippen LogP contribution in [0.1, 0.15) is 33.1 Å². The molecule has 0 unspecified atom stereocenters. The van der Waals surface area contributed by atoms with Crippen LogP contribution in [0.25, 0.3) is 10.8 Å². The Morgan fingerprint density at radius 2 is 2.18 bits per heavy atom. The fourth-order valence-electron chi connectivity index (χ4n) is 2.88. The summed E-state index contributed by atoms with van der Waals surface area (Å²) in [4.78, 5) is 15.4. The molecule has 0 saturated carbocycles. The van der Waals surface area contributed by atoms with E-state index in [1.54, 1.807) is 11.3 Å². The molecular weight excluding hydrogens is 318 g/mol. The lowest BCUT2D eigenvalue weighted by Gasteiger charge is -2.39. The number of amides is 1. The summed E-state index contributed by atoms with van der Waals surface area (Å²) in [6.45, 7) is 4.25. The van der Waals surface area contributed by atoms with Crippen molar-refractivity contribution in [1.82, 2.24) is 15.1 Å². The van der Waals surface area contributed by atoms with Crippen LogP contribution in [-0.4, -0.2) is 38.8 Å². The Morgan fingerprint density at radius 1 is 1.41 bits per heavy atom. The third-order valence-corrected chi connectivity index (χ3v) is 5.60. The molecule has 0 aliphatic carbocycles. The Bertz CT molecular complexity index is 617. The second kappa shape index (κ2) is 6.83. The van der Waals surface area contributed by atoms with Crippen molar-refractivity contribution < 1.29 is 9.21 Å². The van der Waals surface area contributed by atoms with Gasteiger partial charge in [-0.15, -0.1) is 21.5 Å². The zero-order valence-electron chi connectivity index (χ0n) is 12.7. The minimum atomic E-state index is 0.153. The van der Waals surface area contributed by atoms with E-state index < -0.39 is 0 Å². The van der Waals surface area contributed by atoms with E-state index >= 15 is 0 Å². The summed E-state index contributed by atoms with van der Waals surface area (Å²) in [7, 11) is 0. The van der Waals surface area contributed by atoms with E-state index in [0.29, 0.717) is 29.0 Å². The number of carbonyl (C=O) groups excluding carboxylic acids is 1. The molecule has 0 spiro atoms. The van der Waals surface area contributed by atoms with Gasteiger partial charge in [0.2, 0.25) is 5.91 Å². The molecule has 22 heavy (non-hydrogen) atoms. The number of hydrogen-bond donors (Lipinski definition) is 0. The summed E-state index contributed by atoms with van der Waals surface area (Å²) in [5.41, 5.74) is 0. The first kappa shape index (κ1) is 15.6. The highest BCUT2D eigenvalue weighted by molar-refractivity contribution is 7.99. The molecule has 2 atom stereocenters. The van der Waals surface area contributed by atoms with Gasteiger partial charge in [-0.2, -0.15) is 0 Å². The van der Waals surface area contributed by atoms with E-state index in [1.165, 1.54) is 18.2 Å². The van der Waals surface area contributed by atoms with Gasteiger partial charge >= 0.3 is 0 Å². The molecule has 3 heterocycles. The molecule has 118 valence electrons. The van der Waals surface area contributed by atoms with E-state index in [0.717, 1.165) is 17.7 Å². The summed E-state index contributed by atoms with van der Waals surface area (Å²) in [5, 5.41) is 10.5. The minimum absolute atomic E-state index is 0.153. The lowest BCUT2D eigenvalue weighted by molar-refractivity contribution is -0.134. The van der Waals surface area contributed by atoms with Crippen LogP contribution in [0, 0.1) is 0 Å². The Balaban J connectivity index is 1.59. The molecule has 1 fully saturated rings. The van der Waals surface area contributed by atoms with Crippen molar-refractivity contribution in [3.63, 3.8) is 0 Å². The van der Waals surface area contributed by atoms with E-state index in [2.05, 4.69) is 24.0 Å². The summed E-state index contributed by atoms with van der Waals surface area (Å²) >= 11 is 2.87. The Morgan fingerprint density at radius 3 is 2.86 bits per heavy atom. The summed E-state index contributed by atoms with van der Waals surface area (Å²) < 4.78 is 5.60. The standard InChI is InChI=1S/C15H19N3O2S2/c1-10-5-3-6-11(2)18(10)13(19)9-22-15-17-16-14(20-15)12-7-4-8-21-12/h4,7-8,10-11H,3,5-6,9H2,1-2H3/t10-,11+. The maximum atomic E-state index is 12.4. The molecule has 2 aromatic heterocycles. The summed E-state index contributed by atoms with van der Waals surface area (Å²) in [5.74, 6) is 1.02. The summed E-state index contributed by atoms with van der Waals surface area (Å²) in [6.07, 6.45) is 3.38. The second-order valence-electron chi connectivity index (χ2n) is 5.57. The number of carbonyl (C=O) groups is 1. The van der Waals surface area contributed by atoms with Crippen molar-refractivity contribution in [3.05, 3.63) is 17.5 Å². The van der Waals surface area contributed by atoms with Crippen molar-refractivity contribution in [2.75, 3.05) is 5.75 Å². The molecule has 0 N–H and O–H groups in total. The van der Waals surface area contributed by atoms with E-state index in [4.69, 9.17) is 4.42 Å². The molecule has 1 aliphatic rings. The van der Waals surface area contributed by atoms with Crippen LogP contribution in [0.3, 0.4) is 0 Å². The molecule has 0 bridgehead atoms. The quantitative estimate of drug-likeness (QED) is 0.797. The van der Waals surface area contributed by atoms with Crippen LogP contribution in [0.2, 0.25) is 0 Å². The topological polar surface area (TPSA) is 59.2 Å². The van der Waals surface area contributed by atoms with E-state index in [1.807, 2.05) is 22.4 Å². The third-order valence-electron chi connectivity index (χ3n) is 3.94. The van der Waals surface area contributed by atoms with Crippen LogP contribution >= 0.6 is 23.1 Å². The maximum Gasteiger partial charge on any atom is 0.277 e. The number of thioether (sulfide) groups is 1. The van der Waals surface area contributed by atoms with Crippen LogP contribution < -0.4 is 0 Å². The fraction of sp³-hybridized carbons (Fsp3) is 0.533. The number of hydrogen-bond acceptors (Lipinski definition) is 6. The first-order valence-electron chi connectivity index (χ1n) is 7.46. The lowest BCUT2D eigenvalue weighted by atomic mass is 9.98. The van der Waals surface area contributed by atoms with E-state index in [-0.39, 0.29) is 5.91 Å². The SMILES string of the molecule is C[C@@H]1CCC[C@H](C)N1C(=O)CSc1nnc(-c2cccs2)o1. The van der Waals surface area contributed by atoms with Gasteiger partial charge < -0.3 is 9.32 Å². The fourth-order valence-corrected chi connectivity index (χ4v) is 4.16. The van der Waals surface area contributed by atoms with Gasteiger partial charge in [0.25, 0.3) is 11.1 Å². The Kier molecular flexibility index (Phi) is 4.83. The number of nitrogens with zero attached hydrogens (tertiary/aromatic N) is 3. The number of aromatic nitrogens is 2. The van der Waals surface area contributed by atoms with Gasteiger partial charge in [-0.1, -0.05) is 17.8 Å².